The number of halogens is 1. The van der Waals surface area contributed by atoms with Crippen LogP contribution in [0.4, 0.5) is 0 Å². The molecule has 1 atom stereocenters. The van der Waals surface area contributed by atoms with E-state index in [4.69, 9.17) is 21.1 Å². The third-order valence-electron chi connectivity index (χ3n) is 6.00. The van der Waals surface area contributed by atoms with Crippen molar-refractivity contribution in [2.75, 3.05) is 6.54 Å². The van der Waals surface area contributed by atoms with Gasteiger partial charge in [0.25, 0.3) is 5.91 Å². The summed E-state index contributed by atoms with van der Waals surface area (Å²) < 4.78 is 11.9. The van der Waals surface area contributed by atoms with E-state index in [2.05, 4.69) is 0 Å². The number of carbonyl (C=O) groups excluding carboxylic acids is 1. The first-order valence-electron chi connectivity index (χ1n) is 11.9. The maximum absolute atomic E-state index is 13.4. The summed E-state index contributed by atoms with van der Waals surface area (Å²) in [6, 6.07) is 20.4. The van der Waals surface area contributed by atoms with Crippen molar-refractivity contribution in [2.45, 2.75) is 51.9 Å². The van der Waals surface area contributed by atoms with Crippen LogP contribution in [0.5, 0.6) is 11.5 Å². The SMILES string of the molecule is CC(C)Oc1ccc(CN(CC(=O)O)C(=O)c2ccc3c(c2)CC(C)(Cc2ccc(Cl)cc2)O3)cc1. The number of fused-ring (bicyclic) bond motifs is 1. The largest absolute Gasteiger partial charge is 0.491 e. The minimum Gasteiger partial charge on any atom is -0.491 e. The first kappa shape index (κ1) is 25.6. The van der Waals surface area contributed by atoms with Crippen molar-refractivity contribution in [2.24, 2.45) is 0 Å². The molecule has 1 N–H and O–H groups in total. The molecule has 0 radical (unpaired) electrons. The summed E-state index contributed by atoms with van der Waals surface area (Å²) >= 11 is 6.01. The van der Waals surface area contributed by atoms with E-state index in [9.17, 15) is 14.7 Å². The van der Waals surface area contributed by atoms with Crippen molar-refractivity contribution in [3.63, 3.8) is 0 Å². The Morgan fingerprint density at radius 2 is 1.72 bits per heavy atom. The Morgan fingerprint density at radius 1 is 1.06 bits per heavy atom. The lowest BCUT2D eigenvalue weighted by molar-refractivity contribution is -0.137. The van der Waals surface area contributed by atoms with Crippen LogP contribution in [0.1, 0.15) is 47.8 Å². The van der Waals surface area contributed by atoms with Crippen molar-refractivity contribution >= 4 is 23.5 Å². The highest BCUT2D eigenvalue weighted by molar-refractivity contribution is 6.30. The molecule has 0 saturated heterocycles. The molecule has 0 aromatic heterocycles. The van der Waals surface area contributed by atoms with E-state index < -0.39 is 18.1 Å². The van der Waals surface area contributed by atoms with Crippen molar-refractivity contribution in [1.29, 1.82) is 0 Å². The Kier molecular flexibility index (Phi) is 7.55. The van der Waals surface area contributed by atoms with Crippen LogP contribution in [0, 0.1) is 0 Å². The fraction of sp³-hybridized carbons (Fsp3) is 0.310. The molecule has 1 aliphatic heterocycles. The summed E-state index contributed by atoms with van der Waals surface area (Å²) in [6.45, 7) is 5.72. The monoisotopic (exact) mass is 507 g/mol. The number of hydrogen-bond acceptors (Lipinski definition) is 4. The maximum Gasteiger partial charge on any atom is 0.323 e. The Labute approximate surface area is 216 Å². The van der Waals surface area contributed by atoms with Gasteiger partial charge in [0.1, 0.15) is 23.6 Å². The van der Waals surface area contributed by atoms with E-state index in [0.717, 1.165) is 28.2 Å². The number of rotatable bonds is 9. The molecule has 1 aliphatic rings. The zero-order chi connectivity index (χ0) is 25.9. The quantitative estimate of drug-likeness (QED) is 0.396. The number of carbonyl (C=O) groups is 2. The normalized spacial score (nSPS) is 16.4. The smallest absolute Gasteiger partial charge is 0.323 e. The number of nitrogens with zero attached hydrogens (tertiary/aromatic N) is 1. The number of aliphatic carboxylic acids is 1. The first-order valence-corrected chi connectivity index (χ1v) is 12.3. The topological polar surface area (TPSA) is 76.1 Å². The molecule has 6 nitrogen and oxygen atoms in total. The summed E-state index contributed by atoms with van der Waals surface area (Å²) in [6.07, 6.45) is 1.39. The first-order chi connectivity index (χ1) is 17.1. The molecule has 1 amide bonds. The Balaban J connectivity index is 1.49. The van der Waals surface area contributed by atoms with Gasteiger partial charge in [0.05, 0.1) is 6.10 Å². The molecule has 3 aromatic carbocycles. The van der Waals surface area contributed by atoms with Gasteiger partial charge < -0.3 is 19.5 Å². The number of carboxylic acids is 1. The maximum atomic E-state index is 13.4. The van der Waals surface area contributed by atoms with Gasteiger partial charge in [-0.25, -0.2) is 0 Å². The van der Waals surface area contributed by atoms with Crippen LogP contribution in [0.15, 0.2) is 66.7 Å². The summed E-state index contributed by atoms with van der Waals surface area (Å²) in [5.74, 6) is 0.0656. The average Bonchev–Trinajstić information content (AvgIpc) is 3.15. The molecule has 7 heteroatoms. The van der Waals surface area contributed by atoms with Crippen LogP contribution >= 0.6 is 11.6 Å². The molecular weight excluding hydrogens is 478 g/mol. The minimum absolute atomic E-state index is 0.0535. The molecular formula is C29H30ClNO5. The fourth-order valence-electron chi connectivity index (χ4n) is 4.50. The summed E-state index contributed by atoms with van der Waals surface area (Å²) in [4.78, 5) is 26.2. The second-order valence-corrected chi connectivity index (χ2v) is 10.2. The van der Waals surface area contributed by atoms with Crippen LogP contribution in [0.2, 0.25) is 5.02 Å². The van der Waals surface area contributed by atoms with Gasteiger partial charge in [-0.1, -0.05) is 35.9 Å². The third-order valence-corrected chi connectivity index (χ3v) is 6.25. The molecule has 3 aromatic rings. The lowest BCUT2D eigenvalue weighted by Gasteiger charge is -2.24. The predicted molar refractivity (Wildman–Crippen MR) is 139 cm³/mol. The summed E-state index contributed by atoms with van der Waals surface area (Å²) in [5.41, 5.74) is 2.86. The van der Waals surface area contributed by atoms with Gasteiger partial charge >= 0.3 is 5.97 Å². The van der Waals surface area contributed by atoms with E-state index in [-0.39, 0.29) is 18.6 Å². The third kappa shape index (κ3) is 6.38. The van der Waals surface area contributed by atoms with Gasteiger partial charge in [0, 0.05) is 30.0 Å². The zero-order valence-electron chi connectivity index (χ0n) is 20.7. The molecule has 0 fully saturated rings. The zero-order valence-corrected chi connectivity index (χ0v) is 21.4. The average molecular weight is 508 g/mol. The fourth-order valence-corrected chi connectivity index (χ4v) is 4.62. The van der Waals surface area contributed by atoms with Crippen LogP contribution in [-0.4, -0.2) is 40.1 Å². The van der Waals surface area contributed by atoms with Crippen LogP contribution in [0.25, 0.3) is 0 Å². The lowest BCUT2D eigenvalue weighted by atomic mass is 9.91. The van der Waals surface area contributed by atoms with E-state index in [1.165, 1.54) is 4.90 Å². The Hall–Kier alpha value is -3.51. The van der Waals surface area contributed by atoms with Crippen molar-refractivity contribution in [1.82, 2.24) is 4.90 Å². The number of carboxylic acid groups (broad SMARTS) is 1. The molecule has 4 rings (SSSR count). The van der Waals surface area contributed by atoms with Crippen LogP contribution in [0.3, 0.4) is 0 Å². The minimum atomic E-state index is -1.07. The highest BCUT2D eigenvalue weighted by Crippen LogP contribution is 2.38. The molecule has 36 heavy (non-hydrogen) atoms. The number of ether oxygens (including phenoxy) is 2. The predicted octanol–water partition coefficient (Wildman–Crippen LogP) is 5.79. The molecule has 1 unspecified atom stereocenters. The van der Waals surface area contributed by atoms with Crippen molar-refractivity contribution in [3.05, 3.63) is 94.0 Å². The molecule has 188 valence electrons. The van der Waals surface area contributed by atoms with Gasteiger partial charge in [-0.3, -0.25) is 9.59 Å². The highest BCUT2D eigenvalue weighted by atomic mass is 35.5. The van der Waals surface area contributed by atoms with E-state index >= 15 is 0 Å². The van der Waals surface area contributed by atoms with Gasteiger partial charge in [0.2, 0.25) is 0 Å². The van der Waals surface area contributed by atoms with Gasteiger partial charge in [-0.15, -0.1) is 0 Å². The van der Waals surface area contributed by atoms with E-state index in [1.54, 1.807) is 12.1 Å². The van der Waals surface area contributed by atoms with Gasteiger partial charge in [0.15, 0.2) is 0 Å². The molecule has 0 saturated carbocycles. The van der Waals surface area contributed by atoms with Crippen LogP contribution in [-0.2, 0) is 24.2 Å². The second kappa shape index (κ2) is 10.6. The van der Waals surface area contributed by atoms with Gasteiger partial charge in [-0.2, -0.15) is 0 Å². The number of benzene rings is 3. The van der Waals surface area contributed by atoms with Gasteiger partial charge in [-0.05, 0) is 79.9 Å². The molecule has 0 bridgehead atoms. The molecule has 0 spiro atoms. The summed E-state index contributed by atoms with van der Waals surface area (Å²) in [5, 5.41) is 10.1. The molecule has 1 heterocycles. The van der Waals surface area contributed by atoms with Crippen LogP contribution < -0.4 is 9.47 Å². The van der Waals surface area contributed by atoms with E-state index in [0.29, 0.717) is 23.4 Å². The standard InChI is InChI=1S/C29H30ClNO5/c1-19(2)35-25-11-6-21(7-12-25)17-31(18-27(32)33)28(34)22-8-13-26-23(14-22)16-29(3,36-26)15-20-4-9-24(30)10-5-20/h4-14,19H,15-18H2,1-3H3,(H,32,33). The molecule has 0 aliphatic carbocycles. The van der Waals surface area contributed by atoms with Crippen molar-refractivity contribution < 1.29 is 24.2 Å². The highest BCUT2D eigenvalue weighted by Gasteiger charge is 2.35. The lowest BCUT2D eigenvalue weighted by Crippen LogP contribution is -2.35. The van der Waals surface area contributed by atoms with Crippen molar-refractivity contribution in [3.8, 4) is 11.5 Å². The van der Waals surface area contributed by atoms with E-state index in [1.807, 2.05) is 75.4 Å². The Bertz CT molecular complexity index is 1240. The number of hydrogen-bond donors (Lipinski definition) is 1. The Morgan fingerprint density at radius 3 is 2.36 bits per heavy atom. The summed E-state index contributed by atoms with van der Waals surface area (Å²) in [7, 11) is 0. The number of amides is 1. The second-order valence-electron chi connectivity index (χ2n) is 9.72.